The van der Waals surface area contributed by atoms with Gasteiger partial charge in [-0.1, -0.05) is 115 Å². The summed E-state index contributed by atoms with van der Waals surface area (Å²) in [4.78, 5) is 4.75. The fraction of sp³-hybridized carbons (Fsp3) is 0.175. The third kappa shape index (κ3) is 12.3. The Labute approximate surface area is 556 Å². The number of benzene rings is 11. The van der Waals surface area contributed by atoms with Gasteiger partial charge in [0.25, 0.3) is 0 Å². The number of hydrogen-bond acceptors (Lipinski definition) is 10. The van der Waals surface area contributed by atoms with Crippen LogP contribution in [0.4, 0.5) is 34.1 Å². The zero-order chi connectivity index (χ0) is 64.9. The Morgan fingerprint density at radius 2 is 0.516 bits per heavy atom. The topological polar surface area (TPSA) is 95.1 Å². The van der Waals surface area contributed by atoms with Crippen LogP contribution in [0.1, 0.15) is 52.7 Å². The van der Waals surface area contributed by atoms with Crippen LogP contribution < -0.4 is 9.80 Å². The molecule has 0 unspecified atom stereocenters. The summed E-state index contributed by atoms with van der Waals surface area (Å²) < 4.78 is 56.9. The monoisotopic (exact) mass is 1290 g/mol. The SMILES string of the molecule is CCO[Si](OCC)(OCC)OCc1ccc2c(c1)c1cc(N(c3ccccc3)c3ccc4c5ccc(N(c6ccccc6)c6ccc7c(c6)c6cc(CO[Si](OCC)(OCC)OCC)ccc6n7-c6ccccc6)cc5n(-c5ccccc5)c4c3)ccc1n2-c1ccccc1. The maximum Gasteiger partial charge on any atom is 0.679 e. The van der Waals surface area contributed by atoms with Gasteiger partial charge in [-0.2, -0.15) is 0 Å². The van der Waals surface area contributed by atoms with E-state index in [1.54, 1.807) is 0 Å². The average Bonchev–Trinajstić information content (AvgIpc) is 1.61. The Kier molecular flexibility index (Phi) is 18.5. The number of rotatable bonds is 27. The number of para-hydroxylation sites is 5. The van der Waals surface area contributed by atoms with Crippen molar-refractivity contribution in [3.8, 4) is 17.1 Å². The van der Waals surface area contributed by atoms with Gasteiger partial charge >= 0.3 is 18.1 Å². The maximum atomic E-state index is 6.54. The van der Waals surface area contributed by atoms with E-state index in [4.69, 9.17) is 35.4 Å². The predicted octanol–water partition coefficient (Wildman–Crippen LogP) is 20.0. The summed E-state index contributed by atoms with van der Waals surface area (Å²) in [5.74, 6) is 0. The van der Waals surface area contributed by atoms with Crippen molar-refractivity contribution < 1.29 is 35.4 Å². The summed E-state index contributed by atoms with van der Waals surface area (Å²) in [6, 6.07) is 93.8. The molecule has 478 valence electrons. The van der Waals surface area contributed by atoms with Crippen LogP contribution >= 0.6 is 0 Å². The average molecular weight is 1290 g/mol. The van der Waals surface area contributed by atoms with Gasteiger partial charge in [-0.3, -0.25) is 0 Å². The number of nitrogens with zero attached hydrogens (tertiary/aromatic N) is 5. The van der Waals surface area contributed by atoms with Crippen LogP contribution in [0.25, 0.3) is 82.5 Å². The lowest BCUT2D eigenvalue weighted by Gasteiger charge is -2.26. The number of aromatic nitrogens is 3. The molecule has 0 N–H and O–H groups in total. The van der Waals surface area contributed by atoms with Crippen LogP contribution in [0.15, 0.2) is 261 Å². The lowest BCUT2D eigenvalue weighted by molar-refractivity contribution is -0.0328. The van der Waals surface area contributed by atoms with E-state index in [0.717, 1.165) is 128 Å². The molecule has 3 heterocycles. The van der Waals surface area contributed by atoms with E-state index in [2.05, 4.69) is 284 Å². The molecule has 11 aromatic carbocycles. The quantitative estimate of drug-likeness (QED) is 0.0463. The van der Waals surface area contributed by atoms with Gasteiger partial charge in [-0.05, 0) is 198 Å². The van der Waals surface area contributed by atoms with Crippen molar-refractivity contribution in [2.45, 2.75) is 54.8 Å². The van der Waals surface area contributed by atoms with Crippen molar-refractivity contribution in [1.29, 1.82) is 0 Å². The Bertz CT molecular complexity index is 4650. The summed E-state index contributed by atoms with van der Waals surface area (Å²) in [6.07, 6.45) is 0. The highest BCUT2D eigenvalue weighted by atomic mass is 28.4. The van der Waals surface area contributed by atoms with E-state index in [0.29, 0.717) is 39.6 Å². The first-order chi connectivity index (χ1) is 46.8. The maximum absolute atomic E-state index is 6.54. The Morgan fingerprint density at radius 3 is 0.842 bits per heavy atom. The van der Waals surface area contributed by atoms with Gasteiger partial charge < -0.3 is 58.9 Å². The molecule has 0 spiro atoms. The van der Waals surface area contributed by atoms with Crippen LogP contribution in [0.2, 0.25) is 0 Å². The second-order valence-electron chi connectivity index (χ2n) is 23.0. The third-order valence-electron chi connectivity index (χ3n) is 17.2. The third-order valence-corrected chi connectivity index (χ3v) is 22.1. The van der Waals surface area contributed by atoms with Gasteiger partial charge in [-0.25, -0.2) is 0 Å². The van der Waals surface area contributed by atoms with E-state index in [1.807, 2.05) is 41.5 Å². The minimum absolute atomic E-state index is 0.260. The van der Waals surface area contributed by atoms with E-state index >= 15 is 0 Å². The highest BCUT2D eigenvalue weighted by Gasteiger charge is 2.46. The molecule has 14 aromatic rings. The Morgan fingerprint density at radius 1 is 0.242 bits per heavy atom. The highest BCUT2D eigenvalue weighted by molar-refractivity contribution is 6.53. The molecule has 0 bridgehead atoms. The van der Waals surface area contributed by atoms with Crippen LogP contribution in [-0.2, 0) is 48.6 Å². The van der Waals surface area contributed by atoms with Crippen molar-refractivity contribution in [3.05, 3.63) is 272 Å². The smallest absolute Gasteiger partial charge is 0.351 e. The molecule has 13 nitrogen and oxygen atoms in total. The summed E-state index contributed by atoms with van der Waals surface area (Å²) >= 11 is 0. The zero-order valence-electron chi connectivity index (χ0n) is 54.5. The van der Waals surface area contributed by atoms with Crippen molar-refractivity contribution >= 4 is 118 Å². The summed E-state index contributed by atoms with van der Waals surface area (Å²) in [7, 11) is -6.81. The molecular weight excluding hydrogens is 1220 g/mol. The summed E-state index contributed by atoms with van der Waals surface area (Å²) in [5, 5.41) is 6.67. The molecule has 0 atom stereocenters. The van der Waals surface area contributed by atoms with Crippen LogP contribution in [0.5, 0.6) is 0 Å². The van der Waals surface area contributed by atoms with E-state index in [1.165, 1.54) is 0 Å². The molecule has 3 aromatic heterocycles. The summed E-state index contributed by atoms with van der Waals surface area (Å²) in [5.41, 5.74) is 17.8. The second-order valence-corrected chi connectivity index (χ2v) is 27.3. The van der Waals surface area contributed by atoms with Crippen LogP contribution in [-0.4, -0.2) is 71.4 Å². The van der Waals surface area contributed by atoms with Crippen molar-refractivity contribution in [1.82, 2.24) is 13.7 Å². The molecule has 0 aliphatic carbocycles. The first-order valence-electron chi connectivity index (χ1n) is 33.0. The van der Waals surface area contributed by atoms with Gasteiger partial charge in [0.1, 0.15) is 0 Å². The molecule has 0 amide bonds. The van der Waals surface area contributed by atoms with Crippen molar-refractivity contribution in [2.24, 2.45) is 0 Å². The minimum Gasteiger partial charge on any atom is -0.351 e. The molecule has 0 saturated heterocycles. The molecule has 95 heavy (non-hydrogen) atoms. The predicted molar refractivity (Wildman–Crippen MR) is 390 cm³/mol. The van der Waals surface area contributed by atoms with Gasteiger partial charge in [0, 0.05) is 123 Å². The van der Waals surface area contributed by atoms with E-state index < -0.39 is 18.1 Å². The standard InChI is InChI=1S/C80H77N5O8Si2/c1-7-86-94(87-8-2,88-9-3)92-56-58-38-46-75-71(50-58)73-52-65(42-48-77(73)83(75)62-32-22-15-23-33-62)81(60-28-18-13-19-29-60)67-40-44-69-70-45-41-68(55-80(70)85(79(69)54-67)64-36-26-17-27-37-64)82(61-30-20-14-21-31-61)66-43-49-78-74(53-66)72-51-59(57-93-95(89-10-4,90-11-5)91-12-6)39-47-76(72)84(78)63-34-24-16-25-35-63/h13-55H,7-12,56-57H2,1-6H3. The first kappa shape index (κ1) is 63.0. The minimum atomic E-state index is -3.40. The highest BCUT2D eigenvalue weighted by Crippen LogP contribution is 2.46. The number of hydrogen-bond donors (Lipinski definition) is 0. The zero-order valence-corrected chi connectivity index (χ0v) is 56.5. The molecule has 0 fully saturated rings. The Hall–Kier alpha value is -9.47. The molecular formula is C80H77N5O8Si2. The molecule has 14 rings (SSSR count). The van der Waals surface area contributed by atoms with Gasteiger partial charge in [0.2, 0.25) is 0 Å². The molecule has 15 heteroatoms. The van der Waals surface area contributed by atoms with Crippen molar-refractivity contribution in [2.75, 3.05) is 49.4 Å². The van der Waals surface area contributed by atoms with E-state index in [9.17, 15) is 0 Å². The number of fused-ring (bicyclic) bond motifs is 9. The Balaban J connectivity index is 0.910. The van der Waals surface area contributed by atoms with Crippen LogP contribution in [0.3, 0.4) is 0 Å². The number of anilines is 6. The van der Waals surface area contributed by atoms with Gasteiger partial charge in [-0.15, -0.1) is 0 Å². The van der Waals surface area contributed by atoms with Crippen LogP contribution in [0, 0.1) is 0 Å². The normalized spacial score (nSPS) is 12.1. The first-order valence-corrected chi connectivity index (χ1v) is 36.2. The van der Waals surface area contributed by atoms with Gasteiger partial charge in [0.05, 0.1) is 46.3 Å². The molecule has 0 aliphatic rings. The molecule has 0 aliphatic heterocycles. The fourth-order valence-electron chi connectivity index (χ4n) is 13.4. The van der Waals surface area contributed by atoms with Crippen molar-refractivity contribution in [3.63, 3.8) is 0 Å². The second kappa shape index (κ2) is 27.9. The van der Waals surface area contributed by atoms with Gasteiger partial charge in [0.15, 0.2) is 0 Å². The largest absolute Gasteiger partial charge is 0.679 e. The lowest BCUT2D eigenvalue weighted by atomic mass is 10.1. The molecule has 0 radical (unpaired) electrons. The van der Waals surface area contributed by atoms with E-state index in [-0.39, 0.29) is 13.2 Å². The lowest BCUT2D eigenvalue weighted by Crippen LogP contribution is -2.49. The fourth-order valence-corrected chi connectivity index (χ4v) is 17.2. The molecule has 0 saturated carbocycles. The summed E-state index contributed by atoms with van der Waals surface area (Å²) in [6.45, 7) is 14.6.